The highest BCUT2D eigenvalue weighted by Crippen LogP contribution is 2.43. The SMILES string of the molecule is O=C(Nc1ccccc1F)C1CSC(c2ccoc2)N1C(=O)c1ccccc1Cl. The number of benzene rings is 2. The van der Waals surface area contributed by atoms with E-state index in [2.05, 4.69) is 5.32 Å². The fraction of sp³-hybridized carbons (Fsp3) is 0.143. The molecule has 4 rings (SSSR count). The number of para-hydroxylation sites is 1. The Kier molecular flexibility index (Phi) is 5.60. The van der Waals surface area contributed by atoms with Crippen molar-refractivity contribution in [3.63, 3.8) is 0 Å². The van der Waals surface area contributed by atoms with Crippen LogP contribution in [0.2, 0.25) is 5.02 Å². The number of carbonyl (C=O) groups is 2. The first-order valence-electron chi connectivity index (χ1n) is 8.82. The van der Waals surface area contributed by atoms with Crippen LogP contribution in [-0.4, -0.2) is 28.5 Å². The van der Waals surface area contributed by atoms with Crippen molar-refractivity contribution in [1.82, 2.24) is 4.90 Å². The van der Waals surface area contributed by atoms with Gasteiger partial charge >= 0.3 is 0 Å². The van der Waals surface area contributed by atoms with E-state index in [1.807, 2.05) is 0 Å². The third kappa shape index (κ3) is 3.88. The van der Waals surface area contributed by atoms with Crippen LogP contribution in [-0.2, 0) is 4.79 Å². The van der Waals surface area contributed by atoms with Crippen LogP contribution >= 0.6 is 23.4 Å². The molecule has 1 fully saturated rings. The molecule has 148 valence electrons. The second-order valence-electron chi connectivity index (χ2n) is 6.42. The number of carbonyl (C=O) groups excluding carboxylic acids is 2. The first-order chi connectivity index (χ1) is 14.1. The Balaban J connectivity index is 1.67. The Labute approximate surface area is 175 Å². The van der Waals surface area contributed by atoms with E-state index in [0.717, 1.165) is 5.56 Å². The van der Waals surface area contributed by atoms with Gasteiger partial charge in [0, 0.05) is 11.3 Å². The number of nitrogens with zero attached hydrogens (tertiary/aromatic N) is 1. The molecule has 1 saturated heterocycles. The summed E-state index contributed by atoms with van der Waals surface area (Å²) in [5, 5.41) is 2.47. The predicted molar refractivity (Wildman–Crippen MR) is 110 cm³/mol. The van der Waals surface area contributed by atoms with Gasteiger partial charge in [0.1, 0.15) is 17.2 Å². The Hall–Kier alpha value is -2.77. The first kappa shape index (κ1) is 19.5. The van der Waals surface area contributed by atoms with E-state index in [9.17, 15) is 14.0 Å². The largest absolute Gasteiger partial charge is 0.472 e. The Bertz CT molecular complexity index is 1040. The van der Waals surface area contributed by atoms with Crippen molar-refractivity contribution in [2.45, 2.75) is 11.4 Å². The number of hydrogen-bond donors (Lipinski definition) is 1. The average Bonchev–Trinajstić information content (AvgIpc) is 3.39. The summed E-state index contributed by atoms with van der Waals surface area (Å²) >= 11 is 7.66. The minimum atomic E-state index is -0.803. The van der Waals surface area contributed by atoms with Crippen LogP contribution in [0.1, 0.15) is 21.3 Å². The standard InChI is InChI=1S/C21H16ClFN2O3S/c22-15-6-2-1-5-14(15)20(27)25-18(12-29-21(25)13-9-10-28-11-13)19(26)24-17-8-4-3-7-16(17)23/h1-11,18,21H,12H2,(H,24,26). The maximum Gasteiger partial charge on any atom is 0.257 e. The minimum absolute atomic E-state index is 0.0689. The zero-order valence-electron chi connectivity index (χ0n) is 15.0. The van der Waals surface area contributed by atoms with Gasteiger partial charge in [-0.15, -0.1) is 11.8 Å². The number of thioether (sulfide) groups is 1. The van der Waals surface area contributed by atoms with Crippen molar-refractivity contribution >= 4 is 40.9 Å². The summed E-state index contributed by atoms with van der Waals surface area (Å²) < 4.78 is 19.1. The molecular weight excluding hydrogens is 415 g/mol. The maximum absolute atomic E-state index is 14.0. The molecule has 2 aromatic carbocycles. The quantitative estimate of drug-likeness (QED) is 0.635. The smallest absolute Gasteiger partial charge is 0.257 e. The number of furan rings is 1. The molecule has 2 amide bonds. The molecule has 5 nitrogen and oxygen atoms in total. The summed E-state index contributed by atoms with van der Waals surface area (Å²) in [7, 11) is 0. The van der Waals surface area contributed by atoms with Crippen molar-refractivity contribution in [2.75, 3.05) is 11.1 Å². The molecule has 1 aliphatic heterocycles. The van der Waals surface area contributed by atoms with Gasteiger partial charge in [0.05, 0.1) is 28.8 Å². The Morgan fingerprint density at radius 1 is 1.14 bits per heavy atom. The molecule has 0 aliphatic carbocycles. The van der Waals surface area contributed by atoms with Gasteiger partial charge in [0.25, 0.3) is 5.91 Å². The monoisotopic (exact) mass is 430 g/mol. The van der Waals surface area contributed by atoms with Crippen LogP contribution < -0.4 is 5.32 Å². The summed E-state index contributed by atoms with van der Waals surface area (Å²) in [5.41, 5.74) is 1.13. The summed E-state index contributed by atoms with van der Waals surface area (Å²) in [6, 6.07) is 13.5. The van der Waals surface area contributed by atoms with E-state index in [0.29, 0.717) is 16.3 Å². The van der Waals surface area contributed by atoms with Crippen LogP contribution in [0.4, 0.5) is 10.1 Å². The minimum Gasteiger partial charge on any atom is -0.472 e. The third-order valence-corrected chi connectivity index (χ3v) is 6.25. The average molecular weight is 431 g/mol. The second kappa shape index (κ2) is 8.31. The highest BCUT2D eigenvalue weighted by Gasteiger charge is 2.43. The lowest BCUT2D eigenvalue weighted by Crippen LogP contribution is -2.45. The lowest BCUT2D eigenvalue weighted by Gasteiger charge is -2.28. The summed E-state index contributed by atoms with van der Waals surface area (Å²) in [6.45, 7) is 0. The van der Waals surface area contributed by atoms with Gasteiger partial charge in [-0.2, -0.15) is 0 Å². The molecule has 0 saturated carbocycles. The molecule has 1 N–H and O–H groups in total. The molecular formula is C21H16ClFN2O3S. The molecule has 1 aromatic heterocycles. The van der Waals surface area contributed by atoms with Crippen LogP contribution in [0.3, 0.4) is 0 Å². The van der Waals surface area contributed by atoms with Crippen LogP contribution in [0, 0.1) is 5.82 Å². The van der Waals surface area contributed by atoms with Gasteiger partial charge in [-0.25, -0.2) is 4.39 Å². The first-order valence-corrected chi connectivity index (χ1v) is 10.2. The van der Waals surface area contributed by atoms with E-state index < -0.39 is 23.1 Å². The van der Waals surface area contributed by atoms with Crippen molar-refractivity contribution in [3.8, 4) is 0 Å². The summed E-state index contributed by atoms with van der Waals surface area (Å²) in [6.07, 6.45) is 3.06. The highest BCUT2D eigenvalue weighted by molar-refractivity contribution is 7.99. The van der Waals surface area contributed by atoms with Crippen LogP contribution in [0.15, 0.2) is 71.5 Å². The Morgan fingerprint density at radius 2 is 1.90 bits per heavy atom. The number of nitrogens with one attached hydrogen (secondary N) is 1. The van der Waals surface area contributed by atoms with Gasteiger partial charge < -0.3 is 14.6 Å². The normalized spacial score (nSPS) is 18.6. The molecule has 29 heavy (non-hydrogen) atoms. The van der Waals surface area contributed by atoms with E-state index in [1.54, 1.807) is 48.7 Å². The fourth-order valence-corrected chi connectivity index (χ4v) is 4.80. The molecule has 8 heteroatoms. The van der Waals surface area contributed by atoms with Crippen molar-refractivity contribution in [3.05, 3.63) is 89.1 Å². The number of halogens is 2. The molecule has 0 bridgehead atoms. The van der Waals surface area contributed by atoms with E-state index >= 15 is 0 Å². The topological polar surface area (TPSA) is 62.6 Å². The summed E-state index contributed by atoms with van der Waals surface area (Å²) in [5.74, 6) is -1.02. The summed E-state index contributed by atoms with van der Waals surface area (Å²) in [4.78, 5) is 27.8. The zero-order valence-corrected chi connectivity index (χ0v) is 16.6. The molecule has 2 unspecified atom stereocenters. The zero-order chi connectivity index (χ0) is 20.4. The molecule has 0 spiro atoms. The molecule has 2 heterocycles. The third-order valence-electron chi connectivity index (χ3n) is 4.60. The molecule has 2 atom stereocenters. The van der Waals surface area contributed by atoms with Gasteiger partial charge in [-0.3, -0.25) is 9.59 Å². The van der Waals surface area contributed by atoms with Gasteiger partial charge in [0.2, 0.25) is 5.91 Å². The van der Waals surface area contributed by atoms with E-state index in [-0.39, 0.29) is 11.6 Å². The number of anilines is 1. The molecule has 3 aromatic rings. The number of amides is 2. The van der Waals surface area contributed by atoms with E-state index in [4.69, 9.17) is 16.0 Å². The number of hydrogen-bond acceptors (Lipinski definition) is 4. The maximum atomic E-state index is 14.0. The molecule has 0 radical (unpaired) electrons. The van der Waals surface area contributed by atoms with Gasteiger partial charge in [0.15, 0.2) is 0 Å². The van der Waals surface area contributed by atoms with Gasteiger partial charge in [-0.05, 0) is 30.3 Å². The van der Waals surface area contributed by atoms with Crippen LogP contribution in [0.25, 0.3) is 0 Å². The van der Waals surface area contributed by atoms with Gasteiger partial charge in [-0.1, -0.05) is 35.9 Å². The second-order valence-corrected chi connectivity index (χ2v) is 7.94. The Morgan fingerprint density at radius 3 is 2.62 bits per heavy atom. The highest BCUT2D eigenvalue weighted by atomic mass is 35.5. The van der Waals surface area contributed by atoms with Crippen molar-refractivity contribution in [1.29, 1.82) is 0 Å². The van der Waals surface area contributed by atoms with Crippen molar-refractivity contribution < 1.29 is 18.4 Å². The van der Waals surface area contributed by atoms with Crippen molar-refractivity contribution in [2.24, 2.45) is 0 Å². The lowest BCUT2D eigenvalue weighted by atomic mass is 10.1. The van der Waals surface area contributed by atoms with Crippen LogP contribution in [0.5, 0.6) is 0 Å². The fourth-order valence-electron chi connectivity index (χ4n) is 3.18. The molecule has 1 aliphatic rings. The lowest BCUT2D eigenvalue weighted by molar-refractivity contribution is -0.119. The predicted octanol–water partition coefficient (Wildman–Crippen LogP) is 4.97. The number of rotatable bonds is 4. The van der Waals surface area contributed by atoms with E-state index in [1.165, 1.54) is 35.1 Å².